The summed E-state index contributed by atoms with van der Waals surface area (Å²) < 4.78 is 13.1. The highest BCUT2D eigenvalue weighted by Gasteiger charge is 2.06. The van der Waals surface area contributed by atoms with Crippen molar-refractivity contribution < 1.29 is 9.50 Å². The molecule has 0 aliphatic heterocycles. The summed E-state index contributed by atoms with van der Waals surface area (Å²) in [7, 11) is 0. The summed E-state index contributed by atoms with van der Waals surface area (Å²) in [5.41, 5.74) is 2.95. The van der Waals surface area contributed by atoms with E-state index in [1.807, 2.05) is 19.1 Å². The summed E-state index contributed by atoms with van der Waals surface area (Å²) in [4.78, 5) is 0. The van der Waals surface area contributed by atoms with Gasteiger partial charge in [-0.15, -0.1) is 0 Å². The number of phenols is 1. The van der Waals surface area contributed by atoms with Crippen molar-refractivity contribution in [2.24, 2.45) is 0 Å². The summed E-state index contributed by atoms with van der Waals surface area (Å²) in [5.74, 6) is 0.0614. The van der Waals surface area contributed by atoms with E-state index in [1.165, 1.54) is 6.07 Å². The molecule has 1 atom stereocenters. The maximum absolute atomic E-state index is 13.1. The van der Waals surface area contributed by atoms with Gasteiger partial charge in [0.2, 0.25) is 0 Å². The molecule has 2 rings (SSSR count). The Labute approximate surface area is 112 Å². The summed E-state index contributed by atoms with van der Waals surface area (Å²) in [6.45, 7) is 3.99. The predicted molar refractivity (Wildman–Crippen MR) is 76.0 cm³/mol. The minimum absolute atomic E-state index is 0.185. The van der Waals surface area contributed by atoms with Crippen LogP contribution in [0.25, 0.3) is 0 Å². The van der Waals surface area contributed by atoms with Crippen LogP contribution in [0, 0.1) is 12.7 Å². The van der Waals surface area contributed by atoms with Gasteiger partial charge in [-0.2, -0.15) is 0 Å². The van der Waals surface area contributed by atoms with Crippen LogP contribution in [0.1, 0.15) is 18.1 Å². The molecule has 0 aliphatic rings. The van der Waals surface area contributed by atoms with Crippen molar-refractivity contribution in [3.8, 4) is 5.75 Å². The SMILES string of the molecule is Cc1cc(O)ccc1NC(C)Cc1cccc(F)c1. The van der Waals surface area contributed by atoms with Crippen LogP contribution in [0.5, 0.6) is 5.75 Å². The highest BCUT2D eigenvalue weighted by atomic mass is 19.1. The first-order chi connectivity index (χ1) is 9.04. The molecule has 2 nitrogen and oxygen atoms in total. The second-order valence-electron chi connectivity index (χ2n) is 4.88. The molecule has 2 aromatic carbocycles. The fraction of sp³-hybridized carbons (Fsp3) is 0.250. The standard InChI is InChI=1S/C16H18FNO/c1-11-8-15(19)6-7-16(11)18-12(2)9-13-4-3-5-14(17)10-13/h3-8,10,12,18-19H,9H2,1-2H3. The lowest BCUT2D eigenvalue weighted by molar-refractivity contribution is 0.475. The van der Waals surface area contributed by atoms with E-state index in [2.05, 4.69) is 12.2 Å². The lowest BCUT2D eigenvalue weighted by Crippen LogP contribution is -2.18. The minimum atomic E-state index is -0.203. The molecule has 0 aromatic heterocycles. The molecule has 0 bridgehead atoms. The molecule has 0 spiro atoms. The van der Waals surface area contributed by atoms with Crippen molar-refractivity contribution in [2.45, 2.75) is 26.3 Å². The molecule has 19 heavy (non-hydrogen) atoms. The Morgan fingerprint density at radius 1 is 1.21 bits per heavy atom. The molecule has 0 heterocycles. The number of aromatic hydroxyl groups is 1. The van der Waals surface area contributed by atoms with E-state index in [4.69, 9.17) is 0 Å². The van der Waals surface area contributed by atoms with Gasteiger partial charge in [-0.1, -0.05) is 12.1 Å². The summed E-state index contributed by atoms with van der Waals surface area (Å²) in [6, 6.07) is 12.1. The highest BCUT2D eigenvalue weighted by molar-refractivity contribution is 5.53. The second-order valence-corrected chi connectivity index (χ2v) is 4.88. The molecule has 0 amide bonds. The topological polar surface area (TPSA) is 32.3 Å². The number of hydrogen-bond acceptors (Lipinski definition) is 2. The van der Waals surface area contributed by atoms with E-state index in [9.17, 15) is 9.50 Å². The van der Waals surface area contributed by atoms with Crippen LogP contribution >= 0.6 is 0 Å². The molecule has 2 aromatic rings. The number of benzene rings is 2. The number of nitrogens with one attached hydrogen (secondary N) is 1. The first-order valence-corrected chi connectivity index (χ1v) is 6.35. The molecule has 0 saturated carbocycles. The molecular weight excluding hydrogens is 241 g/mol. The molecular formula is C16H18FNO. The number of hydrogen-bond donors (Lipinski definition) is 2. The van der Waals surface area contributed by atoms with Gasteiger partial charge < -0.3 is 10.4 Å². The van der Waals surface area contributed by atoms with Crippen molar-refractivity contribution in [3.63, 3.8) is 0 Å². The Bertz CT molecular complexity index is 568. The number of halogens is 1. The van der Waals surface area contributed by atoms with Crippen LogP contribution in [-0.4, -0.2) is 11.1 Å². The average Bonchev–Trinajstić information content (AvgIpc) is 2.33. The maximum Gasteiger partial charge on any atom is 0.123 e. The largest absolute Gasteiger partial charge is 0.508 e. The first kappa shape index (κ1) is 13.4. The van der Waals surface area contributed by atoms with Crippen LogP contribution in [0.15, 0.2) is 42.5 Å². The minimum Gasteiger partial charge on any atom is -0.508 e. The quantitative estimate of drug-likeness (QED) is 0.817. The molecule has 0 aliphatic carbocycles. The number of phenolic OH excluding ortho intramolecular Hbond substituents is 1. The zero-order valence-corrected chi connectivity index (χ0v) is 11.2. The van der Waals surface area contributed by atoms with Gasteiger partial charge in [0, 0.05) is 11.7 Å². The van der Waals surface area contributed by atoms with E-state index < -0.39 is 0 Å². The third kappa shape index (κ3) is 3.71. The zero-order valence-electron chi connectivity index (χ0n) is 11.2. The first-order valence-electron chi connectivity index (χ1n) is 6.35. The zero-order chi connectivity index (χ0) is 13.8. The van der Waals surface area contributed by atoms with E-state index in [0.29, 0.717) is 0 Å². The Kier molecular flexibility index (Phi) is 4.05. The van der Waals surface area contributed by atoms with Gasteiger partial charge in [-0.25, -0.2) is 4.39 Å². The van der Waals surface area contributed by atoms with Crippen molar-refractivity contribution in [1.29, 1.82) is 0 Å². The van der Waals surface area contributed by atoms with E-state index in [1.54, 1.807) is 24.3 Å². The number of anilines is 1. The Morgan fingerprint density at radius 2 is 2.00 bits per heavy atom. The van der Waals surface area contributed by atoms with E-state index in [-0.39, 0.29) is 17.6 Å². The summed E-state index contributed by atoms with van der Waals surface area (Å²) >= 11 is 0. The average molecular weight is 259 g/mol. The molecule has 0 radical (unpaired) electrons. The van der Waals surface area contributed by atoms with E-state index >= 15 is 0 Å². The Hall–Kier alpha value is -2.03. The van der Waals surface area contributed by atoms with Crippen LogP contribution in [0.2, 0.25) is 0 Å². The predicted octanol–water partition coefficient (Wildman–Crippen LogP) is 3.88. The monoisotopic (exact) mass is 259 g/mol. The third-order valence-electron chi connectivity index (χ3n) is 3.04. The Balaban J connectivity index is 2.03. The summed E-state index contributed by atoms with van der Waals surface area (Å²) in [6.07, 6.45) is 0.748. The molecule has 2 N–H and O–H groups in total. The van der Waals surface area contributed by atoms with Gasteiger partial charge in [-0.05, 0) is 61.7 Å². The van der Waals surface area contributed by atoms with Crippen molar-refractivity contribution in [3.05, 3.63) is 59.4 Å². The normalized spacial score (nSPS) is 12.2. The van der Waals surface area contributed by atoms with Gasteiger partial charge in [0.05, 0.1) is 0 Å². The van der Waals surface area contributed by atoms with Crippen molar-refractivity contribution in [2.75, 3.05) is 5.32 Å². The number of aryl methyl sites for hydroxylation is 1. The molecule has 0 saturated heterocycles. The van der Waals surface area contributed by atoms with Crippen LogP contribution in [0.4, 0.5) is 10.1 Å². The Morgan fingerprint density at radius 3 is 2.68 bits per heavy atom. The third-order valence-corrected chi connectivity index (χ3v) is 3.04. The fourth-order valence-corrected chi connectivity index (χ4v) is 2.14. The fourth-order valence-electron chi connectivity index (χ4n) is 2.14. The van der Waals surface area contributed by atoms with Gasteiger partial charge in [-0.3, -0.25) is 0 Å². The molecule has 1 unspecified atom stereocenters. The molecule has 3 heteroatoms. The molecule has 0 fully saturated rings. The number of rotatable bonds is 4. The van der Waals surface area contributed by atoms with Crippen LogP contribution in [-0.2, 0) is 6.42 Å². The summed E-state index contributed by atoms with van der Waals surface area (Å²) in [5, 5.41) is 12.7. The van der Waals surface area contributed by atoms with Gasteiger partial charge in [0.1, 0.15) is 11.6 Å². The van der Waals surface area contributed by atoms with E-state index in [0.717, 1.165) is 23.2 Å². The smallest absolute Gasteiger partial charge is 0.123 e. The van der Waals surface area contributed by atoms with Gasteiger partial charge in [0.25, 0.3) is 0 Å². The highest BCUT2D eigenvalue weighted by Crippen LogP contribution is 2.21. The van der Waals surface area contributed by atoms with Crippen LogP contribution in [0.3, 0.4) is 0 Å². The van der Waals surface area contributed by atoms with Gasteiger partial charge >= 0.3 is 0 Å². The lowest BCUT2D eigenvalue weighted by atomic mass is 10.1. The van der Waals surface area contributed by atoms with Crippen molar-refractivity contribution >= 4 is 5.69 Å². The lowest BCUT2D eigenvalue weighted by Gasteiger charge is -2.17. The van der Waals surface area contributed by atoms with Crippen LogP contribution < -0.4 is 5.32 Å². The second kappa shape index (κ2) is 5.74. The van der Waals surface area contributed by atoms with Gasteiger partial charge in [0.15, 0.2) is 0 Å². The molecule has 100 valence electrons. The van der Waals surface area contributed by atoms with Crippen molar-refractivity contribution in [1.82, 2.24) is 0 Å². The maximum atomic E-state index is 13.1.